The van der Waals surface area contributed by atoms with E-state index in [0.29, 0.717) is 5.69 Å². The van der Waals surface area contributed by atoms with Gasteiger partial charge in [0.15, 0.2) is 0 Å². The van der Waals surface area contributed by atoms with E-state index in [-0.39, 0.29) is 22.1 Å². The maximum absolute atomic E-state index is 14.5. The van der Waals surface area contributed by atoms with Gasteiger partial charge >= 0.3 is 0 Å². The fourth-order valence-electron chi connectivity index (χ4n) is 3.17. The lowest BCUT2D eigenvalue weighted by Gasteiger charge is -2.30. The molecule has 3 heterocycles. The zero-order chi connectivity index (χ0) is 17.6. The summed E-state index contributed by atoms with van der Waals surface area (Å²) >= 11 is 6.33. The summed E-state index contributed by atoms with van der Waals surface area (Å²) in [6.45, 7) is 2.85. The number of fused-ring (bicyclic) bond motifs is 1. The van der Waals surface area contributed by atoms with Crippen molar-refractivity contribution in [2.75, 3.05) is 13.6 Å². The third-order valence-corrected chi connectivity index (χ3v) is 4.51. The molecule has 1 aliphatic rings. The lowest BCUT2D eigenvalue weighted by molar-refractivity contribution is 0.355. The average Bonchev–Trinajstić information content (AvgIpc) is 3.02. The predicted molar refractivity (Wildman–Crippen MR) is 89.7 cm³/mol. The molecule has 5 nitrogen and oxygen atoms in total. The molecule has 1 saturated heterocycles. The highest BCUT2D eigenvalue weighted by atomic mass is 35.5. The second kappa shape index (κ2) is 6.31. The van der Waals surface area contributed by atoms with Crippen molar-refractivity contribution >= 4 is 17.4 Å². The van der Waals surface area contributed by atoms with Gasteiger partial charge in [0.25, 0.3) is 5.78 Å². The molecule has 25 heavy (non-hydrogen) atoms. The van der Waals surface area contributed by atoms with Crippen LogP contribution in [0.3, 0.4) is 0 Å². The van der Waals surface area contributed by atoms with E-state index in [0.717, 1.165) is 25.3 Å². The second-order valence-electron chi connectivity index (χ2n) is 5.93. The number of rotatable bonds is 2. The van der Waals surface area contributed by atoms with Gasteiger partial charge in [0.05, 0.1) is 11.3 Å². The summed E-state index contributed by atoms with van der Waals surface area (Å²) in [5.41, 5.74) is 0.501. The molecule has 8 heteroatoms. The normalized spacial score (nSPS) is 16.6. The van der Waals surface area contributed by atoms with Crippen molar-refractivity contribution in [3.05, 3.63) is 59.5 Å². The maximum atomic E-state index is 14.5. The Labute approximate surface area is 148 Å². The van der Waals surface area contributed by atoms with Crippen molar-refractivity contribution in [2.24, 2.45) is 0 Å². The van der Waals surface area contributed by atoms with Gasteiger partial charge in [-0.15, -0.1) is 0 Å². The molecule has 1 aliphatic heterocycles. The topological polar surface area (TPSA) is 46.3 Å². The number of hydrogen-bond donors (Lipinski definition) is 0. The molecule has 0 atom stereocenters. The van der Waals surface area contributed by atoms with Crippen LogP contribution in [-0.2, 0) is 0 Å². The van der Waals surface area contributed by atoms with Gasteiger partial charge in [-0.2, -0.15) is 19.6 Å². The van der Waals surface area contributed by atoms with E-state index in [1.165, 1.54) is 29.0 Å². The fraction of sp³-hybridized carbons (Fsp3) is 0.235. The highest BCUT2D eigenvalue weighted by Crippen LogP contribution is 2.40. The van der Waals surface area contributed by atoms with Crippen LogP contribution in [0.2, 0.25) is 5.15 Å². The molecule has 2 radical (unpaired) electrons. The SMILES string of the molecule is CN1[CH][C](c2c(-c3c(F)cccc3F)c(Cl)nc3ncnn23)CCC1. The van der Waals surface area contributed by atoms with Gasteiger partial charge in [0.2, 0.25) is 0 Å². The molecule has 4 rings (SSSR count). The molecule has 0 bridgehead atoms. The first-order valence-electron chi connectivity index (χ1n) is 7.81. The quantitative estimate of drug-likeness (QED) is 0.655. The van der Waals surface area contributed by atoms with Crippen LogP contribution in [-0.4, -0.2) is 38.1 Å². The zero-order valence-electron chi connectivity index (χ0n) is 13.4. The summed E-state index contributed by atoms with van der Waals surface area (Å²) in [6.07, 6.45) is 3.00. The first-order valence-corrected chi connectivity index (χ1v) is 8.19. The van der Waals surface area contributed by atoms with Gasteiger partial charge in [0, 0.05) is 18.0 Å². The molecule has 0 N–H and O–H groups in total. The van der Waals surface area contributed by atoms with Crippen molar-refractivity contribution in [3.63, 3.8) is 0 Å². The molecule has 0 amide bonds. The fourth-order valence-corrected chi connectivity index (χ4v) is 3.42. The van der Waals surface area contributed by atoms with Crippen LogP contribution in [0.1, 0.15) is 18.5 Å². The molecule has 2 aromatic heterocycles. The predicted octanol–water partition coefficient (Wildman–Crippen LogP) is 3.53. The minimum absolute atomic E-state index is 0.00590. The van der Waals surface area contributed by atoms with Crippen LogP contribution in [0.25, 0.3) is 16.9 Å². The van der Waals surface area contributed by atoms with E-state index in [9.17, 15) is 8.78 Å². The lowest BCUT2D eigenvalue weighted by Crippen LogP contribution is -2.28. The average molecular weight is 362 g/mol. The molecule has 1 aromatic carbocycles. The Kier molecular flexibility index (Phi) is 4.13. The minimum Gasteiger partial charge on any atom is -0.301 e. The number of likely N-dealkylation sites (tertiary alicyclic amines) is 1. The standard InChI is InChI=1S/C17H14ClF2N5/c1-24-7-3-4-10(8-24)15-14(13-11(19)5-2-6-12(13)20)16(18)23-17-21-9-22-25(15)17/h2,5-6,8-9H,3-4,7H2,1H3. The van der Waals surface area contributed by atoms with E-state index in [1.54, 1.807) is 0 Å². The third kappa shape index (κ3) is 2.77. The Morgan fingerprint density at radius 1 is 1.16 bits per heavy atom. The Balaban J connectivity index is 2.03. The van der Waals surface area contributed by atoms with Crippen LogP contribution in [0.5, 0.6) is 0 Å². The van der Waals surface area contributed by atoms with Crippen LogP contribution in [0.4, 0.5) is 8.78 Å². The molecule has 0 spiro atoms. The van der Waals surface area contributed by atoms with Gasteiger partial charge in [-0.05, 0) is 38.6 Å². The van der Waals surface area contributed by atoms with Gasteiger partial charge in [-0.25, -0.2) is 8.78 Å². The maximum Gasteiger partial charge on any atom is 0.253 e. The number of aromatic nitrogens is 4. The third-order valence-electron chi connectivity index (χ3n) is 4.23. The molecular formula is C17H14ClF2N5. The molecule has 3 aromatic rings. The van der Waals surface area contributed by atoms with Gasteiger partial charge < -0.3 is 4.90 Å². The van der Waals surface area contributed by atoms with Gasteiger partial charge in [-0.1, -0.05) is 17.7 Å². The van der Waals surface area contributed by atoms with Crippen molar-refractivity contribution in [1.29, 1.82) is 0 Å². The van der Waals surface area contributed by atoms with E-state index in [2.05, 4.69) is 15.1 Å². The summed E-state index contributed by atoms with van der Waals surface area (Å²) < 4.78 is 30.4. The lowest BCUT2D eigenvalue weighted by atomic mass is 9.89. The highest BCUT2D eigenvalue weighted by Gasteiger charge is 2.30. The van der Waals surface area contributed by atoms with E-state index in [1.807, 2.05) is 18.5 Å². The summed E-state index contributed by atoms with van der Waals surface area (Å²) in [6, 6.07) is 3.72. The Morgan fingerprint density at radius 3 is 2.64 bits per heavy atom. The van der Waals surface area contributed by atoms with Crippen LogP contribution in [0, 0.1) is 24.1 Å². The number of hydrogen-bond acceptors (Lipinski definition) is 4. The van der Waals surface area contributed by atoms with Crippen molar-refractivity contribution in [1.82, 2.24) is 24.5 Å². The summed E-state index contributed by atoms with van der Waals surface area (Å²) in [4.78, 5) is 10.2. The number of piperidine rings is 1. The highest BCUT2D eigenvalue weighted by molar-refractivity contribution is 6.32. The first kappa shape index (κ1) is 16.4. The van der Waals surface area contributed by atoms with E-state index >= 15 is 0 Å². The van der Waals surface area contributed by atoms with Crippen LogP contribution < -0.4 is 0 Å². The number of nitrogens with zero attached hydrogens (tertiary/aromatic N) is 5. The molecular weight excluding hydrogens is 348 g/mol. The van der Waals surface area contributed by atoms with Crippen molar-refractivity contribution in [3.8, 4) is 11.1 Å². The molecule has 0 aliphatic carbocycles. The molecule has 1 fully saturated rings. The summed E-state index contributed by atoms with van der Waals surface area (Å²) in [5, 5.41) is 4.18. The summed E-state index contributed by atoms with van der Waals surface area (Å²) in [7, 11) is 1.95. The largest absolute Gasteiger partial charge is 0.301 e. The second-order valence-corrected chi connectivity index (χ2v) is 6.29. The van der Waals surface area contributed by atoms with E-state index in [4.69, 9.17) is 11.6 Å². The Morgan fingerprint density at radius 2 is 1.92 bits per heavy atom. The minimum atomic E-state index is -0.700. The molecule has 128 valence electrons. The zero-order valence-corrected chi connectivity index (χ0v) is 14.1. The monoisotopic (exact) mass is 361 g/mol. The van der Waals surface area contributed by atoms with E-state index < -0.39 is 11.6 Å². The van der Waals surface area contributed by atoms with Crippen LogP contribution >= 0.6 is 11.6 Å². The summed E-state index contributed by atoms with van der Waals surface area (Å²) in [5.74, 6) is -0.232. The van der Waals surface area contributed by atoms with Gasteiger partial charge in [-0.3, -0.25) is 0 Å². The Bertz CT molecular complexity index is 922. The Hall–Kier alpha value is -2.12. The molecule has 0 unspecified atom stereocenters. The number of halogens is 3. The van der Waals surface area contributed by atoms with Crippen molar-refractivity contribution < 1.29 is 8.78 Å². The van der Waals surface area contributed by atoms with Crippen molar-refractivity contribution in [2.45, 2.75) is 12.8 Å². The number of benzene rings is 1. The van der Waals surface area contributed by atoms with Gasteiger partial charge in [0.1, 0.15) is 23.1 Å². The smallest absolute Gasteiger partial charge is 0.253 e. The first-order chi connectivity index (χ1) is 12.1. The number of likely N-dealkylation sites (N-methyl/N-ethyl adjacent to an activating group) is 1. The molecule has 0 saturated carbocycles. The van der Waals surface area contributed by atoms with Crippen LogP contribution in [0.15, 0.2) is 24.5 Å².